The van der Waals surface area contributed by atoms with Gasteiger partial charge in [0.2, 0.25) is 0 Å². The molecule has 0 radical (unpaired) electrons. The number of nitrogens with one attached hydrogen (secondary N) is 1. The predicted octanol–water partition coefficient (Wildman–Crippen LogP) is 3.47. The highest BCUT2D eigenvalue weighted by Crippen LogP contribution is 2.14. The van der Waals surface area contributed by atoms with E-state index in [0.717, 1.165) is 45.8 Å². The Morgan fingerprint density at radius 1 is 1.05 bits per heavy atom. The Kier molecular flexibility index (Phi) is 11.5. The number of anilines is 1. The standard InChI is InChI=1S/C16H28N2O.ClH/c1-4-18(5-2)16-10-8-15(9-11-16)14-17-12-7-13-19-6-3;/h8-11,17H,4-7,12-14H2,1-3H3;1H. The first-order valence-corrected chi connectivity index (χ1v) is 7.44. The zero-order chi connectivity index (χ0) is 13.9. The van der Waals surface area contributed by atoms with E-state index in [1.165, 1.54) is 11.3 Å². The number of rotatable bonds is 10. The summed E-state index contributed by atoms with van der Waals surface area (Å²) in [6.45, 7) is 12.1. The molecule has 0 saturated carbocycles. The van der Waals surface area contributed by atoms with Crippen LogP contribution in [0.5, 0.6) is 0 Å². The van der Waals surface area contributed by atoms with Gasteiger partial charge in [-0.25, -0.2) is 0 Å². The van der Waals surface area contributed by atoms with Crippen molar-refractivity contribution >= 4 is 18.1 Å². The summed E-state index contributed by atoms with van der Waals surface area (Å²) in [7, 11) is 0. The third-order valence-corrected chi connectivity index (χ3v) is 3.24. The van der Waals surface area contributed by atoms with Gasteiger partial charge >= 0.3 is 0 Å². The zero-order valence-electron chi connectivity index (χ0n) is 13.0. The number of ether oxygens (including phenoxy) is 1. The van der Waals surface area contributed by atoms with Gasteiger partial charge in [-0.3, -0.25) is 0 Å². The van der Waals surface area contributed by atoms with E-state index in [9.17, 15) is 0 Å². The van der Waals surface area contributed by atoms with Crippen LogP contribution in [0, 0.1) is 0 Å². The lowest BCUT2D eigenvalue weighted by molar-refractivity contribution is 0.144. The van der Waals surface area contributed by atoms with Crippen molar-refractivity contribution < 1.29 is 4.74 Å². The fraction of sp³-hybridized carbons (Fsp3) is 0.625. The van der Waals surface area contributed by atoms with Crippen LogP contribution in [0.1, 0.15) is 32.8 Å². The molecule has 3 nitrogen and oxygen atoms in total. The van der Waals surface area contributed by atoms with E-state index >= 15 is 0 Å². The SMILES string of the molecule is CCOCCCNCc1ccc(N(CC)CC)cc1.Cl. The smallest absolute Gasteiger partial charge is 0.0477 e. The Morgan fingerprint density at radius 3 is 2.25 bits per heavy atom. The van der Waals surface area contributed by atoms with E-state index < -0.39 is 0 Å². The Balaban J connectivity index is 0.00000361. The molecule has 0 amide bonds. The number of hydrogen-bond acceptors (Lipinski definition) is 3. The topological polar surface area (TPSA) is 24.5 Å². The van der Waals surface area contributed by atoms with Crippen molar-refractivity contribution in [1.82, 2.24) is 5.32 Å². The fourth-order valence-electron chi connectivity index (χ4n) is 2.09. The van der Waals surface area contributed by atoms with E-state index in [2.05, 4.69) is 48.3 Å². The minimum absolute atomic E-state index is 0. The molecule has 0 aromatic heterocycles. The molecule has 0 bridgehead atoms. The molecule has 0 heterocycles. The van der Waals surface area contributed by atoms with Crippen LogP contribution in [0.2, 0.25) is 0 Å². The molecule has 116 valence electrons. The van der Waals surface area contributed by atoms with Crippen molar-refractivity contribution in [2.24, 2.45) is 0 Å². The van der Waals surface area contributed by atoms with Crippen molar-refractivity contribution in [3.63, 3.8) is 0 Å². The Bertz CT molecular complexity index is 326. The van der Waals surface area contributed by atoms with E-state index in [1.54, 1.807) is 0 Å². The highest BCUT2D eigenvalue weighted by Gasteiger charge is 2.01. The molecule has 0 saturated heterocycles. The van der Waals surface area contributed by atoms with Crippen LogP contribution in [0.15, 0.2) is 24.3 Å². The predicted molar refractivity (Wildman–Crippen MR) is 90.1 cm³/mol. The number of halogens is 1. The second-order valence-electron chi connectivity index (χ2n) is 4.57. The molecule has 0 fully saturated rings. The number of hydrogen-bond donors (Lipinski definition) is 1. The largest absolute Gasteiger partial charge is 0.382 e. The van der Waals surface area contributed by atoms with Gasteiger partial charge in [0.15, 0.2) is 0 Å². The third kappa shape index (κ3) is 7.13. The Labute approximate surface area is 130 Å². The number of benzene rings is 1. The molecule has 4 heteroatoms. The molecular formula is C16H29ClN2O. The lowest BCUT2D eigenvalue weighted by Gasteiger charge is -2.21. The van der Waals surface area contributed by atoms with E-state index in [-0.39, 0.29) is 12.4 Å². The second kappa shape index (κ2) is 12.0. The summed E-state index contributed by atoms with van der Waals surface area (Å²) >= 11 is 0. The summed E-state index contributed by atoms with van der Waals surface area (Å²) in [5.41, 5.74) is 2.65. The van der Waals surface area contributed by atoms with Crippen LogP contribution < -0.4 is 10.2 Å². The maximum absolute atomic E-state index is 5.31. The van der Waals surface area contributed by atoms with Gasteiger partial charge in [0, 0.05) is 38.5 Å². The van der Waals surface area contributed by atoms with Crippen LogP contribution in [-0.2, 0) is 11.3 Å². The minimum atomic E-state index is 0. The van der Waals surface area contributed by atoms with Crippen molar-refractivity contribution in [2.75, 3.05) is 37.7 Å². The first-order chi connectivity index (χ1) is 9.31. The summed E-state index contributed by atoms with van der Waals surface area (Å²) in [5.74, 6) is 0. The summed E-state index contributed by atoms with van der Waals surface area (Å²) in [6.07, 6.45) is 1.07. The molecule has 0 atom stereocenters. The molecule has 0 aliphatic rings. The van der Waals surface area contributed by atoms with E-state index in [4.69, 9.17) is 4.74 Å². The van der Waals surface area contributed by atoms with E-state index in [0.29, 0.717) is 0 Å². The molecule has 1 rings (SSSR count). The summed E-state index contributed by atoms with van der Waals surface area (Å²) in [5, 5.41) is 3.44. The first kappa shape index (κ1) is 19.2. The van der Waals surface area contributed by atoms with Gasteiger partial charge in [0.25, 0.3) is 0 Å². The first-order valence-electron chi connectivity index (χ1n) is 7.44. The molecular weight excluding hydrogens is 272 g/mol. The highest BCUT2D eigenvalue weighted by atomic mass is 35.5. The summed E-state index contributed by atoms with van der Waals surface area (Å²) < 4.78 is 5.31. The van der Waals surface area contributed by atoms with Gasteiger partial charge in [-0.05, 0) is 51.4 Å². The van der Waals surface area contributed by atoms with Crippen molar-refractivity contribution in [3.05, 3.63) is 29.8 Å². The fourth-order valence-corrected chi connectivity index (χ4v) is 2.09. The van der Waals surface area contributed by atoms with E-state index in [1.807, 2.05) is 6.92 Å². The van der Waals surface area contributed by atoms with Crippen LogP contribution in [0.4, 0.5) is 5.69 Å². The van der Waals surface area contributed by atoms with Gasteiger partial charge in [-0.1, -0.05) is 12.1 Å². The van der Waals surface area contributed by atoms with Crippen LogP contribution in [0.25, 0.3) is 0 Å². The number of nitrogens with zero attached hydrogens (tertiary/aromatic N) is 1. The molecule has 0 spiro atoms. The Morgan fingerprint density at radius 2 is 1.70 bits per heavy atom. The quantitative estimate of drug-likeness (QED) is 0.670. The molecule has 1 N–H and O–H groups in total. The lowest BCUT2D eigenvalue weighted by Crippen LogP contribution is -2.21. The maximum Gasteiger partial charge on any atom is 0.0477 e. The average Bonchev–Trinajstić information content (AvgIpc) is 2.45. The van der Waals surface area contributed by atoms with Crippen molar-refractivity contribution in [1.29, 1.82) is 0 Å². The second-order valence-corrected chi connectivity index (χ2v) is 4.57. The zero-order valence-corrected chi connectivity index (χ0v) is 13.8. The molecule has 1 aromatic carbocycles. The molecule has 0 unspecified atom stereocenters. The molecule has 1 aromatic rings. The molecule has 0 aliphatic carbocycles. The van der Waals surface area contributed by atoms with Crippen LogP contribution >= 0.6 is 12.4 Å². The normalized spacial score (nSPS) is 10.2. The van der Waals surface area contributed by atoms with Crippen LogP contribution in [0.3, 0.4) is 0 Å². The van der Waals surface area contributed by atoms with Crippen molar-refractivity contribution in [3.8, 4) is 0 Å². The summed E-state index contributed by atoms with van der Waals surface area (Å²) in [4.78, 5) is 2.36. The summed E-state index contributed by atoms with van der Waals surface area (Å²) in [6, 6.07) is 8.85. The monoisotopic (exact) mass is 300 g/mol. The average molecular weight is 301 g/mol. The van der Waals surface area contributed by atoms with Gasteiger partial charge < -0.3 is 15.0 Å². The third-order valence-electron chi connectivity index (χ3n) is 3.24. The Hall–Kier alpha value is -0.770. The van der Waals surface area contributed by atoms with Gasteiger partial charge in [-0.2, -0.15) is 0 Å². The molecule has 20 heavy (non-hydrogen) atoms. The molecule has 0 aliphatic heterocycles. The minimum Gasteiger partial charge on any atom is -0.382 e. The van der Waals surface area contributed by atoms with Crippen LogP contribution in [-0.4, -0.2) is 32.8 Å². The lowest BCUT2D eigenvalue weighted by atomic mass is 10.2. The van der Waals surface area contributed by atoms with Gasteiger partial charge in [-0.15, -0.1) is 12.4 Å². The van der Waals surface area contributed by atoms with Gasteiger partial charge in [0.05, 0.1) is 0 Å². The highest BCUT2D eigenvalue weighted by molar-refractivity contribution is 5.85. The maximum atomic E-state index is 5.31. The van der Waals surface area contributed by atoms with Crippen molar-refractivity contribution in [2.45, 2.75) is 33.7 Å². The van der Waals surface area contributed by atoms with Gasteiger partial charge in [0.1, 0.15) is 0 Å².